The number of hydrogen-bond acceptors (Lipinski definition) is 4. The second-order valence-electron chi connectivity index (χ2n) is 3.80. The van der Waals surface area contributed by atoms with Gasteiger partial charge in [0.2, 0.25) is 0 Å². The highest BCUT2D eigenvalue weighted by Crippen LogP contribution is 2.20. The monoisotopic (exact) mass is 211 g/mol. The molecule has 2 atom stereocenters. The van der Waals surface area contributed by atoms with Crippen molar-refractivity contribution >= 4 is 5.97 Å². The van der Waals surface area contributed by atoms with Gasteiger partial charge >= 0.3 is 5.97 Å². The predicted molar refractivity (Wildman–Crippen MR) is 51.2 cm³/mol. The third kappa shape index (κ3) is 2.19. The lowest BCUT2D eigenvalue weighted by molar-refractivity contribution is -0.142. The molecule has 0 spiro atoms. The van der Waals surface area contributed by atoms with Crippen LogP contribution in [0.1, 0.15) is 12.0 Å². The Morgan fingerprint density at radius 3 is 3.07 bits per heavy atom. The number of rotatable bonds is 3. The van der Waals surface area contributed by atoms with Crippen molar-refractivity contribution < 1.29 is 19.4 Å². The SMILES string of the molecule is O=C(O)C1CC(O)CN1Cc1ccoc1. The Morgan fingerprint density at radius 2 is 2.47 bits per heavy atom. The van der Waals surface area contributed by atoms with Crippen LogP contribution in [-0.2, 0) is 11.3 Å². The van der Waals surface area contributed by atoms with Crippen LogP contribution in [0.25, 0.3) is 0 Å². The molecule has 1 aliphatic rings. The first-order valence-electron chi connectivity index (χ1n) is 4.83. The summed E-state index contributed by atoms with van der Waals surface area (Å²) < 4.78 is 4.91. The molecule has 0 aliphatic carbocycles. The first-order chi connectivity index (χ1) is 7.16. The number of likely N-dealkylation sites (tertiary alicyclic amines) is 1. The molecule has 2 rings (SSSR count). The van der Waals surface area contributed by atoms with Gasteiger partial charge in [0.25, 0.3) is 0 Å². The molecule has 0 radical (unpaired) electrons. The summed E-state index contributed by atoms with van der Waals surface area (Å²) in [7, 11) is 0. The molecular weight excluding hydrogens is 198 g/mol. The van der Waals surface area contributed by atoms with Crippen LogP contribution in [0.2, 0.25) is 0 Å². The van der Waals surface area contributed by atoms with E-state index in [1.807, 2.05) is 0 Å². The maximum atomic E-state index is 10.9. The Labute approximate surface area is 86.9 Å². The van der Waals surface area contributed by atoms with E-state index in [0.717, 1.165) is 5.56 Å². The minimum absolute atomic E-state index is 0.299. The van der Waals surface area contributed by atoms with Crippen LogP contribution in [0.15, 0.2) is 23.0 Å². The van der Waals surface area contributed by atoms with Gasteiger partial charge in [-0.05, 0) is 6.07 Å². The Hall–Kier alpha value is -1.33. The van der Waals surface area contributed by atoms with Crippen LogP contribution < -0.4 is 0 Å². The number of aliphatic hydroxyl groups excluding tert-OH is 1. The standard InChI is InChI=1S/C10H13NO4/c12-8-3-9(10(13)14)11(5-8)4-7-1-2-15-6-7/h1-2,6,8-9,12H,3-5H2,(H,13,14). The van der Waals surface area contributed by atoms with Gasteiger partial charge in [-0.25, -0.2) is 0 Å². The van der Waals surface area contributed by atoms with E-state index in [-0.39, 0.29) is 0 Å². The normalized spacial score (nSPS) is 27.0. The largest absolute Gasteiger partial charge is 0.480 e. The van der Waals surface area contributed by atoms with Crippen molar-refractivity contribution in [2.24, 2.45) is 0 Å². The lowest BCUT2D eigenvalue weighted by Crippen LogP contribution is -2.35. The summed E-state index contributed by atoms with van der Waals surface area (Å²) in [6.45, 7) is 0.909. The van der Waals surface area contributed by atoms with Crippen LogP contribution in [0, 0.1) is 0 Å². The molecule has 0 bridgehead atoms. The number of hydrogen-bond donors (Lipinski definition) is 2. The molecule has 0 amide bonds. The van der Waals surface area contributed by atoms with Crippen molar-refractivity contribution in [2.45, 2.75) is 25.1 Å². The third-order valence-corrected chi connectivity index (χ3v) is 2.63. The molecule has 2 heterocycles. The zero-order valence-electron chi connectivity index (χ0n) is 8.17. The minimum atomic E-state index is -0.880. The van der Waals surface area contributed by atoms with Crippen LogP contribution in [0.4, 0.5) is 0 Å². The topological polar surface area (TPSA) is 73.9 Å². The van der Waals surface area contributed by atoms with Gasteiger partial charge in [-0.15, -0.1) is 0 Å². The summed E-state index contributed by atoms with van der Waals surface area (Å²) in [5.41, 5.74) is 0.926. The van der Waals surface area contributed by atoms with Crippen molar-refractivity contribution in [2.75, 3.05) is 6.54 Å². The fraction of sp³-hybridized carbons (Fsp3) is 0.500. The average Bonchev–Trinajstić information content (AvgIpc) is 2.75. The van der Waals surface area contributed by atoms with Gasteiger partial charge in [-0.1, -0.05) is 0 Å². The van der Waals surface area contributed by atoms with E-state index < -0.39 is 18.1 Å². The first-order valence-corrected chi connectivity index (χ1v) is 4.83. The summed E-state index contributed by atoms with van der Waals surface area (Å²) in [5, 5.41) is 18.4. The molecule has 1 aromatic heterocycles. The molecule has 2 unspecified atom stereocenters. The van der Waals surface area contributed by atoms with Crippen LogP contribution in [0.3, 0.4) is 0 Å². The van der Waals surface area contributed by atoms with Crippen LogP contribution in [0.5, 0.6) is 0 Å². The molecule has 1 fully saturated rings. The first kappa shape index (κ1) is 10.2. The van der Waals surface area contributed by atoms with E-state index in [1.54, 1.807) is 23.5 Å². The molecule has 82 valence electrons. The average molecular weight is 211 g/mol. The molecule has 5 heteroatoms. The van der Waals surface area contributed by atoms with Crippen LogP contribution in [-0.4, -0.2) is 39.8 Å². The Morgan fingerprint density at radius 1 is 1.67 bits per heavy atom. The highest BCUT2D eigenvalue weighted by atomic mass is 16.4. The lowest BCUT2D eigenvalue weighted by atomic mass is 10.2. The smallest absolute Gasteiger partial charge is 0.321 e. The van der Waals surface area contributed by atoms with E-state index in [4.69, 9.17) is 9.52 Å². The van der Waals surface area contributed by atoms with E-state index in [9.17, 15) is 9.90 Å². The van der Waals surface area contributed by atoms with Gasteiger partial charge in [-0.2, -0.15) is 0 Å². The number of carboxylic acid groups (broad SMARTS) is 1. The summed E-state index contributed by atoms with van der Waals surface area (Å²) in [4.78, 5) is 12.7. The molecule has 5 nitrogen and oxygen atoms in total. The summed E-state index contributed by atoms with van der Waals surface area (Å²) in [6.07, 6.45) is 2.90. The predicted octanol–water partition coefficient (Wildman–Crippen LogP) is 0.299. The van der Waals surface area contributed by atoms with Gasteiger partial charge in [0, 0.05) is 25.1 Å². The zero-order chi connectivity index (χ0) is 10.8. The maximum Gasteiger partial charge on any atom is 0.321 e. The maximum absolute atomic E-state index is 10.9. The molecule has 1 aliphatic heterocycles. The van der Waals surface area contributed by atoms with Gasteiger partial charge < -0.3 is 14.6 Å². The number of aliphatic hydroxyl groups is 1. The minimum Gasteiger partial charge on any atom is -0.480 e. The lowest BCUT2D eigenvalue weighted by Gasteiger charge is -2.19. The van der Waals surface area contributed by atoms with Crippen LogP contribution >= 0.6 is 0 Å². The second-order valence-corrected chi connectivity index (χ2v) is 3.80. The van der Waals surface area contributed by atoms with Gasteiger partial charge in [0.1, 0.15) is 6.04 Å². The molecule has 15 heavy (non-hydrogen) atoms. The fourth-order valence-electron chi connectivity index (χ4n) is 1.93. The van der Waals surface area contributed by atoms with Crippen molar-refractivity contribution in [3.05, 3.63) is 24.2 Å². The van der Waals surface area contributed by atoms with Crippen molar-refractivity contribution in [1.82, 2.24) is 4.90 Å². The molecule has 0 saturated carbocycles. The Kier molecular flexibility index (Phi) is 2.75. The van der Waals surface area contributed by atoms with Crippen molar-refractivity contribution in [3.8, 4) is 0 Å². The Bertz CT molecular complexity index is 335. The van der Waals surface area contributed by atoms with Gasteiger partial charge in [0.15, 0.2) is 0 Å². The molecule has 0 aromatic carbocycles. The number of carbonyl (C=O) groups is 1. The zero-order valence-corrected chi connectivity index (χ0v) is 8.17. The number of aliphatic carboxylic acids is 1. The molecular formula is C10H13NO4. The van der Waals surface area contributed by atoms with E-state index in [0.29, 0.717) is 19.5 Å². The highest BCUT2D eigenvalue weighted by molar-refractivity contribution is 5.74. The quantitative estimate of drug-likeness (QED) is 0.752. The fourth-order valence-corrected chi connectivity index (χ4v) is 1.93. The molecule has 1 aromatic rings. The van der Waals surface area contributed by atoms with Crippen molar-refractivity contribution in [1.29, 1.82) is 0 Å². The number of nitrogens with zero attached hydrogens (tertiary/aromatic N) is 1. The molecule has 2 N–H and O–H groups in total. The van der Waals surface area contributed by atoms with Crippen molar-refractivity contribution in [3.63, 3.8) is 0 Å². The van der Waals surface area contributed by atoms with E-state index in [2.05, 4.69) is 0 Å². The number of carboxylic acids is 1. The third-order valence-electron chi connectivity index (χ3n) is 2.63. The van der Waals surface area contributed by atoms with Gasteiger partial charge in [-0.3, -0.25) is 9.69 Å². The number of β-amino-alcohol motifs (C(OH)–C–C–N with tert-alkyl or cyclic N) is 1. The summed E-state index contributed by atoms with van der Waals surface area (Å²) in [6, 6.07) is 1.21. The second kappa shape index (κ2) is 4.04. The van der Waals surface area contributed by atoms with Gasteiger partial charge in [0.05, 0.1) is 18.6 Å². The Balaban J connectivity index is 2.04. The summed E-state index contributed by atoms with van der Waals surface area (Å²) >= 11 is 0. The molecule has 1 saturated heterocycles. The van der Waals surface area contributed by atoms with E-state index >= 15 is 0 Å². The highest BCUT2D eigenvalue weighted by Gasteiger charge is 2.35. The summed E-state index contributed by atoms with van der Waals surface area (Å²) in [5.74, 6) is -0.880. The number of furan rings is 1. The van der Waals surface area contributed by atoms with E-state index in [1.165, 1.54) is 0 Å².